The normalized spacial score (nSPS) is 25.1. The van der Waals surface area contributed by atoms with E-state index in [4.69, 9.17) is 5.73 Å². The molecule has 1 aliphatic heterocycles. The predicted molar refractivity (Wildman–Crippen MR) is 63.5 cm³/mol. The summed E-state index contributed by atoms with van der Waals surface area (Å²) in [6.45, 7) is 0. The molecule has 2 amide bonds. The molecule has 1 aromatic heterocycles. The minimum atomic E-state index is -0.458. The summed E-state index contributed by atoms with van der Waals surface area (Å²) >= 11 is 3.50. The van der Waals surface area contributed by atoms with E-state index in [2.05, 4.69) is 10.3 Å². The van der Waals surface area contributed by atoms with Crippen molar-refractivity contribution in [3.63, 3.8) is 0 Å². The molecule has 6 heteroatoms. The standard InChI is InChI=1S/C9H11N3OS2/c10-9(13)12-7-5-14-8(15-7)6-2-1-3-11-4-6/h1-4,7-8H,5H2,(H3,10,12,13). The highest BCUT2D eigenvalue weighted by Gasteiger charge is 2.27. The second kappa shape index (κ2) is 4.76. The van der Waals surface area contributed by atoms with Gasteiger partial charge in [-0.1, -0.05) is 6.07 Å². The zero-order chi connectivity index (χ0) is 10.7. The van der Waals surface area contributed by atoms with Crippen LogP contribution in [0.1, 0.15) is 10.1 Å². The van der Waals surface area contributed by atoms with Crippen LogP contribution in [0.3, 0.4) is 0 Å². The summed E-state index contributed by atoms with van der Waals surface area (Å²) in [5.41, 5.74) is 6.25. The molecule has 1 aliphatic rings. The molecule has 0 radical (unpaired) electrons. The van der Waals surface area contributed by atoms with Gasteiger partial charge in [0.05, 0.1) is 9.96 Å². The van der Waals surface area contributed by atoms with Crippen LogP contribution in [-0.4, -0.2) is 22.1 Å². The Bertz CT molecular complexity index is 346. The number of nitrogens with two attached hydrogens (primary N) is 1. The Kier molecular flexibility index (Phi) is 3.37. The van der Waals surface area contributed by atoms with Gasteiger partial charge < -0.3 is 11.1 Å². The fourth-order valence-electron chi connectivity index (χ4n) is 1.33. The van der Waals surface area contributed by atoms with Crippen molar-refractivity contribution < 1.29 is 4.79 Å². The number of carbonyl (C=O) groups excluding carboxylic acids is 1. The summed E-state index contributed by atoms with van der Waals surface area (Å²) in [5, 5.41) is 2.81. The van der Waals surface area contributed by atoms with Gasteiger partial charge in [0.25, 0.3) is 0 Å². The topological polar surface area (TPSA) is 68.0 Å². The lowest BCUT2D eigenvalue weighted by Gasteiger charge is -2.10. The van der Waals surface area contributed by atoms with Gasteiger partial charge in [0.15, 0.2) is 0 Å². The first-order chi connectivity index (χ1) is 7.25. The smallest absolute Gasteiger partial charge is 0.313 e. The van der Waals surface area contributed by atoms with Crippen molar-refractivity contribution in [2.45, 2.75) is 9.96 Å². The number of rotatable bonds is 2. The maximum atomic E-state index is 10.7. The Morgan fingerprint density at radius 3 is 3.20 bits per heavy atom. The maximum Gasteiger partial charge on any atom is 0.313 e. The number of aromatic nitrogens is 1. The van der Waals surface area contributed by atoms with E-state index < -0.39 is 6.03 Å². The maximum absolute atomic E-state index is 10.7. The van der Waals surface area contributed by atoms with Gasteiger partial charge in [-0.15, -0.1) is 23.5 Å². The molecule has 1 aromatic rings. The van der Waals surface area contributed by atoms with Gasteiger partial charge in [-0.3, -0.25) is 4.98 Å². The van der Waals surface area contributed by atoms with Crippen molar-refractivity contribution in [1.29, 1.82) is 0 Å². The Morgan fingerprint density at radius 1 is 1.67 bits per heavy atom. The number of amides is 2. The van der Waals surface area contributed by atoms with Crippen LogP contribution in [0.25, 0.3) is 0 Å². The van der Waals surface area contributed by atoms with E-state index in [-0.39, 0.29) is 5.37 Å². The summed E-state index contributed by atoms with van der Waals surface area (Å²) in [6, 6.07) is 3.51. The first-order valence-corrected chi connectivity index (χ1v) is 6.48. The first-order valence-electron chi connectivity index (χ1n) is 4.48. The van der Waals surface area contributed by atoms with Gasteiger partial charge in [0.1, 0.15) is 0 Å². The van der Waals surface area contributed by atoms with Gasteiger partial charge in [0, 0.05) is 18.1 Å². The molecule has 15 heavy (non-hydrogen) atoms. The zero-order valence-electron chi connectivity index (χ0n) is 7.92. The second-order valence-electron chi connectivity index (χ2n) is 3.08. The van der Waals surface area contributed by atoms with Crippen molar-refractivity contribution in [3.8, 4) is 0 Å². The van der Waals surface area contributed by atoms with Crippen LogP contribution < -0.4 is 11.1 Å². The van der Waals surface area contributed by atoms with Gasteiger partial charge in [-0.25, -0.2) is 4.79 Å². The lowest BCUT2D eigenvalue weighted by atomic mass is 10.3. The molecule has 3 N–H and O–H groups in total. The number of primary amides is 1. The first kappa shape index (κ1) is 10.6. The number of urea groups is 1. The number of hydrogen-bond acceptors (Lipinski definition) is 4. The van der Waals surface area contributed by atoms with E-state index in [9.17, 15) is 4.79 Å². The molecule has 0 saturated carbocycles. The van der Waals surface area contributed by atoms with E-state index >= 15 is 0 Å². The minimum absolute atomic E-state index is 0.109. The molecular formula is C9H11N3OS2. The SMILES string of the molecule is NC(=O)NC1CSC(c2cccnc2)S1. The van der Waals surface area contributed by atoms with E-state index in [1.165, 1.54) is 5.56 Å². The number of hydrogen-bond donors (Lipinski definition) is 2. The summed E-state index contributed by atoms with van der Waals surface area (Å²) in [7, 11) is 0. The van der Waals surface area contributed by atoms with E-state index in [1.807, 2.05) is 18.3 Å². The Morgan fingerprint density at radius 2 is 2.53 bits per heavy atom. The molecule has 0 aliphatic carbocycles. The van der Waals surface area contributed by atoms with Crippen LogP contribution in [-0.2, 0) is 0 Å². The summed E-state index contributed by atoms with van der Waals surface area (Å²) in [4.78, 5) is 14.8. The largest absolute Gasteiger partial charge is 0.352 e. The molecule has 0 spiro atoms. The highest BCUT2D eigenvalue weighted by Crippen LogP contribution is 2.47. The molecule has 80 valence electrons. The molecule has 4 nitrogen and oxygen atoms in total. The Balaban J connectivity index is 1.96. The number of carbonyl (C=O) groups is 1. The van der Waals surface area contributed by atoms with Crippen molar-refractivity contribution in [3.05, 3.63) is 30.1 Å². The second-order valence-corrected chi connectivity index (χ2v) is 5.83. The molecule has 0 bridgehead atoms. The van der Waals surface area contributed by atoms with Gasteiger partial charge >= 0.3 is 6.03 Å². The molecule has 1 fully saturated rings. The summed E-state index contributed by atoms with van der Waals surface area (Å²) in [5.74, 6) is 0.882. The van der Waals surface area contributed by atoms with Crippen LogP contribution in [0.15, 0.2) is 24.5 Å². The summed E-state index contributed by atoms with van der Waals surface area (Å²) < 4.78 is 0.343. The zero-order valence-corrected chi connectivity index (χ0v) is 9.55. The third kappa shape index (κ3) is 2.79. The predicted octanol–water partition coefficient (Wildman–Crippen LogP) is 1.55. The van der Waals surface area contributed by atoms with Crippen molar-refractivity contribution in [2.24, 2.45) is 5.73 Å². The third-order valence-corrected chi connectivity index (χ3v) is 5.13. The fraction of sp³-hybridized carbons (Fsp3) is 0.333. The van der Waals surface area contributed by atoms with Gasteiger partial charge in [0.2, 0.25) is 0 Å². The monoisotopic (exact) mass is 241 g/mol. The fourth-order valence-corrected chi connectivity index (χ4v) is 4.37. The number of nitrogens with zero attached hydrogens (tertiary/aromatic N) is 1. The van der Waals surface area contributed by atoms with E-state index in [1.54, 1.807) is 29.7 Å². The highest BCUT2D eigenvalue weighted by molar-refractivity contribution is 8.19. The molecule has 1 saturated heterocycles. The lowest BCUT2D eigenvalue weighted by Crippen LogP contribution is -2.36. The van der Waals surface area contributed by atoms with Crippen LogP contribution in [0.4, 0.5) is 4.79 Å². The Labute approximate surface area is 96.4 Å². The number of nitrogens with one attached hydrogen (secondary N) is 1. The molecule has 2 rings (SSSR count). The summed E-state index contributed by atoms with van der Waals surface area (Å²) in [6.07, 6.45) is 3.62. The molecular weight excluding hydrogens is 230 g/mol. The average Bonchev–Trinajstić information content (AvgIpc) is 2.67. The molecule has 0 aromatic carbocycles. The molecule has 2 unspecified atom stereocenters. The molecule has 2 heterocycles. The van der Waals surface area contributed by atoms with E-state index in [0.29, 0.717) is 4.58 Å². The van der Waals surface area contributed by atoms with Crippen LogP contribution in [0.2, 0.25) is 0 Å². The van der Waals surface area contributed by atoms with E-state index in [0.717, 1.165) is 5.75 Å². The lowest BCUT2D eigenvalue weighted by molar-refractivity contribution is 0.249. The third-order valence-electron chi connectivity index (χ3n) is 1.95. The molecule has 2 atom stereocenters. The van der Waals surface area contributed by atoms with Crippen LogP contribution >= 0.6 is 23.5 Å². The average molecular weight is 241 g/mol. The van der Waals surface area contributed by atoms with Gasteiger partial charge in [-0.05, 0) is 11.6 Å². The highest BCUT2D eigenvalue weighted by atomic mass is 32.2. The van der Waals surface area contributed by atoms with Crippen LogP contribution in [0, 0.1) is 0 Å². The number of pyridine rings is 1. The van der Waals surface area contributed by atoms with Crippen LogP contribution in [0.5, 0.6) is 0 Å². The Hall–Kier alpha value is -0.880. The van der Waals surface area contributed by atoms with Crippen molar-refractivity contribution >= 4 is 29.6 Å². The van der Waals surface area contributed by atoms with Gasteiger partial charge in [-0.2, -0.15) is 0 Å². The quantitative estimate of drug-likeness (QED) is 0.824. The number of thioether (sulfide) groups is 2. The van der Waals surface area contributed by atoms with Crippen molar-refractivity contribution in [1.82, 2.24) is 10.3 Å². The van der Waals surface area contributed by atoms with Crippen molar-refractivity contribution in [2.75, 3.05) is 5.75 Å². The minimum Gasteiger partial charge on any atom is -0.352 e.